The number of aromatic nitrogens is 2. The van der Waals surface area contributed by atoms with Gasteiger partial charge in [0.25, 0.3) is 5.91 Å². The lowest BCUT2D eigenvalue weighted by atomic mass is 10.2. The van der Waals surface area contributed by atoms with Gasteiger partial charge >= 0.3 is 0 Å². The van der Waals surface area contributed by atoms with Gasteiger partial charge in [-0.1, -0.05) is 17.7 Å². The normalized spacial score (nSPS) is 14.8. The van der Waals surface area contributed by atoms with E-state index in [1.54, 1.807) is 48.4 Å². The molecule has 0 aliphatic carbocycles. The van der Waals surface area contributed by atoms with Crippen molar-refractivity contribution in [2.24, 2.45) is 4.99 Å². The van der Waals surface area contributed by atoms with E-state index in [4.69, 9.17) is 16.9 Å². The van der Waals surface area contributed by atoms with Gasteiger partial charge in [0.1, 0.15) is 11.9 Å². The monoisotopic (exact) mass is 437 g/mol. The summed E-state index contributed by atoms with van der Waals surface area (Å²) in [6.07, 6.45) is 3.15. The van der Waals surface area contributed by atoms with Crippen LogP contribution < -0.4 is 0 Å². The van der Waals surface area contributed by atoms with Gasteiger partial charge < -0.3 is 4.90 Å². The lowest BCUT2D eigenvalue weighted by molar-refractivity contribution is -0.113. The Morgan fingerprint density at radius 3 is 2.87 bits per heavy atom. The summed E-state index contributed by atoms with van der Waals surface area (Å²) < 4.78 is 13.3. The molecule has 0 bridgehead atoms. The van der Waals surface area contributed by atoms with Crippen LogP contribution in [0.4, 0.5) is 4.39 Å². The van der Waals surface area contributed by atoms with E-state index in [0.717, 1.165) is 5.56 Å². The molecule has 0 saturated heterocycles. The molecule has 0 N–H and O–H groups in total. The Labute approximate surface area is 180 Å². The second kappa shape index (κ2) is 8.22. The number of carbonyl (C=O) groups is 1. The average Bonchev–Trinajstić information content (AvgIpc) is 3.10. The van der Waals surface area contributed by atoms with Crippen molar-refractivity contribution in [2.75, 3.05) is 7.05 Å². The van der Waals surface area contributed by atoms with E-state index in [0.29, 0.717) is 38.9 Å². The minimum absolute atomic E-state index is 0.0509. The third kappa shape index (κ3) is 4.17. The van der Waals surface area contributed by atoms with E-state index >= 15 is 0 Å². The molecule has 0 unspecified atom stereocenters. The number of pyridine rings is 2. The number of halogens is 2. The summed E-state index contributed by atoms with van der Waals surface area (Å²) in [5, 5.41) is 9.60. The van der Waals surface area contributed by atoms with E-state index in [-0.39, 0.29) is 10.9 Å². The van der Waals surface area contributed by atoms with Gasteiger partial charge in [-0.15, -0.1) is 0 Å². The topological polar surface area (TPSA) is 82.2 Å². The number of rotatable bonds is 3. The first kappa shape index (κ1) is 20.0. The number of nitriles is 1. The van der Waals surface area contributed by atoms with Crippen LogP contribution in [0, 0.1) is 17.1 Å². The molecule has 0 spiro atoms. The van der Waals surface area contributed by atoms with E-state index in [2.05, 4.69) is 15.0 Å². The summed E-state index contributed by atoms with van der Waals surface area (Å²) in [4.78, 5) is 27.3. The van der Waals surface area contributed by atoms with Gasteiger partial charge in [0, 0.05) is 19.8 Å². The summed E-state index contributed by atoms with van der Waals surface area (Å²) >= 11 is 7.07. The van der Waals surface area contributed by atoms with Crippen LogP contribution in [0.25, 0.3) is 17.1 Å². The first-order valence-electron chi connectivity index (χ1n) is 8.77. The van der Waals surface area contributed by atoms with Gasteiger partial charge in [-0.05, 0) is 53.7 Å². The van der Waals surface area contributed by atoms with Crippen molar-refractivity contribution in [2.45, 2.75) is 6.54 Å². The minimum Gasteiger partial charge on any atom is -0.350 e. The largest absolute Gasteiger partial charge is 0.350 e. The van der Waals surface area contributed by atoms with Crippen LogP contribution >= 0.6 is 23.4 Å². The highest BCUT2D eigenvalue weighted by Gasteiger charge is 2.25. The van der Waals surface area contributed by atoms with Crippen molar-refractivity contribution >= 4 is 51.5 Å². The lowest BCUT2D eigenvalue weighted by Crippen LogP contribution is -2.22. The molecule has 6 nitrogen and oxygen atoms in total. The smallest absolute Gasteiger partial charge is 0.286 e. The highest BCUT2D eigenvalue weighted by molar-refractivity contribution is 8.18. The Kier molecular flexibility index (Phi) is 5.48. The molecule has 1 amide bonds. The molecule has 0 saturated carbocycles. The molecule has 1 aromatic carbocycles. The maximum atomic E-state index is 13.3. The van der Waals surface area contributed by atoms with Crippen molar-refractivity contribution < 1.29 is 9.18 Å². The molecule has 1 aliphatic rings. The van der Waals surface area contributed by atoms with Crippen LogP contribution in [0.2, 0.25) is 5.02 Å². The van der Waals surface area contributed by atoms with Crippen LogP contribution in [0.15, 0.2) is 52.5 Å². The van der Waals surface area contributed by atoms with Crippen LogP contribution in [-0.4, -0.2) is 33.0 Å². The van der Waals surface area contributed by atoms with Crippen LogP contribution in [0.3, 0.4) is 0 Å². The number of hydrogen-bond donors (Lipinski definition) is 0. The number of carbonyl (C=O) groups excluding carboxylic acids is 1. The summed E-state index contributed by atoms with van der Waals surface area (Å²) in [5.74, 6) is -0.833. The Morgan fingerprint density at radius 1 is 1.27 bits per heavy atom. The lowest BCUT2D eigenvalue weighted by Gasteiger charge is -2.17. The molecule has 0 radical (unpaired) electrons. The molecular weight excluding hydrogens is 425 g/mol. The highest BCUT2D eigenvalue weighted by atomic mass is 35.5. The number of aliphatic imine (C=N–C) groups is 1. The SMILES string of the molecule is CN(Cc1ccc(F)c(Cl)c1)C1=NC(=O)/C(=C/c2ccc3ncc(C#N)cc3n2)S1. The third-order valence-electron chi connectivity index (χ3n) is 4.31. The third-order valence-corrected chi connectivity index (χ3v) is 5.69. The average molecular weight is 438 g/mol. The Bertz CT molecular complexity index is 1280. The Hall–Kier alpha value is -3.28. The van der Waals surface area contributed by atoms with Crippen molar-refractivity contribution in [3.8, 4) is 6.07 Å². The molecule has 2 aromatic heterocycles. The fourth-order valence-corrected chi connectivity index (χ4v) is 3.90. The van der Waals surface area contributed by atoms with Crippen molar-refractivity contribution in [3.63, 3.8) is 0 Å². The number of amides is 1. The van der Waals surface area contributed by atoms with Crippen LogP contribution in [0.1, 0.15) is 16.8 Å². The predicted octanol–water partition coefficient (Wildman–Crippen LogP) is 4.40. The Morgan fingerprint density at radius 2 is 2.10 bits per heavy atom. The molecule has 0 atom stereocenters. The van der Waals surface area contributed by atoms with Crippen LogP contribution in [0.5, 0.6) is 0 Å². The highest BCUT2D eigenvalue weighted by Crippen LogP contribution is 2.30. The zero-order valence-corrected chi connectivity index (χ0v) is 17.2. The minimum atomic E-state index is -0.476. The quantitative estimate of drug-likeness (QED) is 0.565. The van der Waals surface area contributed by atoms with Gasteiger partial charge in [-0.3, -0.25) is 9.78 Å². The summed E-state index contributed by atoms with van der Waals surface area (Å²) in [6.45, 7) is 0.420. The van der Waals surface area contributed by atoms with E-state index in [9.17, 15) is 9.18 Å². The van der Waals surface area contributed by atoms with E-state index in [1.165, 1.54) is 24.0 Å². The first-order chi connectivity index (χ1) is 14.4. The van der Waals surface area contributed by atoms with Crippen LogP contribution in [-0.2, 0) is 11.3 Å². The molecule has 148 valence electrons. The summed E-state index contributed by atoms with van der Waals surface area (Å²) in [6, 6.07) is 11.7. The number of thioether (sulfide) groups is 1. The summed E-state index contributed by atoms with van der Waals surface area (Å²) in [7, 11) is 1.79. The molecule has 4 rings (SSSR count). The molecule has 30 heavy (non-hydrogen) atoms. The molecule has 1 aliphatic heterocycles. The second-order valence-electron chi connectivity index (χ2n) is 6.52. The predicted molar refractivity (Wildman–Crippen MR) is 115 cm³/mol. The maximum Gasteiger partial charge on any atom is 0.286 e. The van der Waals surface area contributed by atoms with Gasteiger partial charge in [-0.2, -0.15) is 10.3 Å². The second-order valence-corrected chi connectivity index (χ2v) is 7.94. The van der Waals surface area contributed by atoms with Gasteiger partial charge in [0.2, 0.25) is 0 Å². The van der Waals surface area contributed by atoms with Gasteiger partial charge in [0.15, 0.2) is 5.17 Å². The number of amidine groups is 1. The fourth-order valence-electron chi connectivity index (χ4n) is 2.84. The van der Waals surface area contributed by atoms with Gasteiger partial charge in [-0.25, -0.2) is 9.37 Å². The zero-order valence-electron chi connectivity index (χ0n) is 15.6. The fraction of sp³-hybridized carbons (Fsp3) is 0.0952. The van der Waals surface area contributed by atoms with E-state index < -0.39 is 5.82 Å². The van der Waals surface area contributed by atoms with Gasteiger partial charge in [0.05, 0.1) is 32.2 Å². The number of benzene rings is 1. The number of hydrogen-bond acceptors (Lipinski definition) is 6. The molecule has 3 aromatic rings. The molecule has 0 fully saturated rings. The van der Waals surface area contributed by atoms with Crippen molar-refractivity contribution in [1.29, 1.82) is 5.26 Å². The van der Waals surface area contributed by atoms with Crippen molar-refractivity contribution in [1.82, 2.24) is 14.9 Å². The Balaban J connectivity index is 1.52. The molecule has 9 heteroatoms. The first-order valence-corrected chi connectivity index (χ1v) is 9.97. The standard InChI is InChI=1S/C21H13ClFN5OS/c1-28(11-12-2-4-16(23)15(22)6-12)21-27-20(29)19(30-21)8-14-3-5-17-18(26-14)7-13(9-24)10-25-17/h2-8,10H,11H2,1H3/b19-8-. The number of fused-ring (bicyclic) bond motifs is 1. The zero-order chi connectivity index (χ0) is 21.3. The van der Waals surface area contributed by atoms with E-state index in [1.807, 2.05) is 6.07 Å². The maximum absolute atomic E-state index is 13.3. The number of nitrogens with zero attached hydrogens (tertiary/aromatic N) is 5. The molecule has 3 heterocycles. The summed E-state index contributed by atoms with van der Waals surface area (Å²) in [5.41, 5.74) is 3.02. The molecular formula is C21H13ClFN5OS. The van der Waals surface area contributed by atoms with Crippen molar-refractivity contribution in [3.05, 3.63) is 75.2 Å².